The molecule has 1 fully saturated rings. The first-order valence-electron chi connectivity index (χ1n) is 5.91. The summed E-state index contributed by atoms with van der Waals surface area (Å²) in [5.41, 5.74) is 0.351. The van der Waals surface area contributed by atoms with E-state index in [1.54, 1.807) is 0 Å². The Bertz CT molecular complexity index is 433. The first-order valence-corrected chi connectivity index (χ1v) is 5.91. The Morgan fingerprint density at radius 3 is 3.00 bits per heavy atom. The minimum absolute atomic E-state index is 0.202. The quantitative estimate of drug-likeness (QED) is 0.644. The van der Waals surface area contributed by atoms with E-state index >= 15 is 0 Å². The normalized spacial score (nSPS) is 19.1. The minimum Gasteiger partial charge on any atom is -0.377 e. The fourth-order valence-electron chi connectivity index (χ4n) is 2.02. The summed E-state index contributed by atoms with van der Waals surface area (Å²) in [7, 11) is 0. The number of benzene rings is 1. The molecule has 0 aliphatic carbocycles. The van der Waals surface area contributed by atoms with Gasteiger partial charge in [0.15, 0.2) is 0 Å². The number of nitro groups is 1. The van der Waals surface area contributed by atoms with Crippen molar-refractivity contribution in [1.82, 2.24) is 5.32 Å². The number of hydrogen-bond donors (Lipinski definition) is 1. The topological polar surface area (TPSA) is 64.4 Å². The number of rotatable bonds is 5. The van der Waals surface area contributed by atoms with Crippen LogP contribution in [0.3, 0.4) is 0 Å². The highest BCUT2D eigenvalue weighted by Gasteiger charge is 2.15. The molecule has 1 atom stereocenters. The highest BCUT2D eigenvalue weighted by Crippen LogP contribution is 2.16. The second-order valence-corrected chi connectivity index (χ2v) is 4.34. The largest absolute Gasteiger partial charge is 0.377 e. The first-order chi connectivity index (χ1) is 8.65. The van der Waals surface area contributed by atoms with E-state index in [-0.39, 0.29) is 11.8 Å². The maximum absolute atomic E-state index is 13.2. The van der Waals surface area contributed by atoms with Crippen molar-refractivity contribution in [2.75, 3.05) is 13.2 Å². The third-order valence-corrected chi connectivity index (χ3v) is 2.88. The van der Waals surface area contributed by atoms with Crippen molar-refractivity contribution in [3.05, 3.63) is 39.7 Å². The van der Waals surface area contributed by atoms with E-state index < -0.39 is 10.7 Å². The lowest BCUT2D eigenvalue weighted by Gasteiger charge is -2.10. The zero-order valence-corrected chi connectivity index (χ0v) is 9.89. The van der Waals surface area contributed by atoms with Crippen LogP contribution in [-0.2, 0) is 11.3 Å². The summed E-state index contributed by atoms with van der Waals surface area (Å²) < 4.78 is 18.6. The second-order valence-electron chi connectivity index (χ2n) is 4.34. The molecule has 18 heavy (non-hydrogen) atoms. The number of ether oxygens (including phenoxy) is 1. The number of hydrogen-bond acceptors (Lipinski definition) is 4. The molecule has 1 unspecified atom stereocenters. The van der Waals surface area contributed by atoms with Crippen LogP contribution >= 0.6 is 0 Å². The molecule has 0 saturated carbocycles. The standard InChI is InChI=1S/C12H15FN2O3/c13-10-4-9(5-11(6-10)15(16)17)7-14-8-12-2-1-3-18-12/h4-6,12,14H,1-3,7-8H2. The lowest BCUT2D eigenvalue weighted by molar-refractivity contribution is -0.385. The molecule has 1 aromatic carbocycles. The third kappa shape index (κ3) is 3.48. The van der Waals surface area contributed by atoms with Crippen molar-refractivity contribution in [3.8, 4) is 0 Å². The molecule has 0 aromatic heterocycles. The van der Waals surface area contributed by atoms with Crippen LogP contribution in [0.5, 0.6) is 0 Å². The molecule has 1 aliphatic heterocycles. The summed E-state index contributed by atoms with van der Waals surface area (Å²) in [5.74, 6) is -0.585. The van der Waals surface area contributed by atoms with Crippen LogP contribution in [0.1, 0.15) is 18.4 Å². The average molecular weight is 254 g/mol. The molecule has 2 rings (SSSR count). The van der Waals surface area contributed by atoms with Gasteiger partial charge in [0.2, 0.25) is 0 Å². The van der Waals surface area contributed by atoms with Crippen molar-refractivity contribution < 1.29 is 14.1 Å². The Morgan fingerprint density at radius 1 is 1.50 bits per heavy atom. The van der Waals surface area contributed by atoms with E-state index in [1.165, 1.54) is 12.1 Å². The molecule has 0 amide bonds. The van der Waals surface area contributed by atoms with Gasteiger partial charge in [-0.2, -0.15) is 0 Å². The van der Waals surface area contributed by atoms with Gasteiger partial charge in [-0.1, -0.05) is 0 Å². The molecule has 1 N–H and O–H groups in total. The second kappa shape index (κ2) is 5.88. The Labute approximate surface area is 104 Å². The van der Waals surface area contributed by atoms with Crippen LogP contribution in [0.4, 0.5) is 10.1 Å². The Morgan fingerprint density at radius 2 is 2.33 bits per heavy atom. The predicted molar refractivity (Wildman–Crippen MR) is 63.7 cm³/mol. The van der Waals surface area contributed by atoms with Gasteiger partial charge < -0.3 is 10.1 Å². The fourth-order valence-corrected chi connectivity index (χ4v) is 2.02. The van der Waals surface area contributed by atoms with E-state index in [0.717, 1.165) is 25.5 Å². The molecule has 1 aromatic rings. The van der Waals surface area contributed by atoms with Crippen LogP contribution < -0.4 is 5.32 Å². The maximum Gasteiger partial charge on any atom is 0.272 e. The van der Waals surface area contributed by atoms with E-state index in [2.05, 4.69) is 5.32 Å². The summed E-state index contributed by atoms with van der Waals surface area (Å²) in [5, 5.41) is 13.7. The van der Waals surface area contributed by atoms with Crippen LogP contribution in [0.15, 0.2) is 18.2 Å². The number of nitrogens with zero attached hydrogens (tertiary/aromatic N) is 1. The first kappa shape index (κ1) is 12.9. The zero-order valence-electron chi connectivity index (χ0n) is 9.89. The summed E-state index contributed by atoms with van der Waals surface area (Å²) in [6.07, 6.45) is 2.29. The van der Waals surface area contributed by atoms with Crippen molar-refractivity contribution in [3.63, 3.8) is 0 Å². The molecule has 0 spiro atoms. The van der Waals surface area contributed by atoms with Gasteiger partial charge in [-0.15, -0.1) is 0 Å². The molecule has 5 nitrogen and oxygen atoms in total. The smallest absolute Gasteiger partial charge is 0.272 e. The minimum atomic E-state index is -0.591. The van der Waals surface area contributed by atoms with E-state index in [4.69, 9.17) is 4.74 Å². The SMILES string of the molecule is O=[N+]([O-])c1cc(F)cc(CNCC2CCCO2)c1. The van der Waals surface area contributed by atoms with Crippen LogP contribution in [0.2, 0.25) is 0 Å². The fraction of sp³-hybridized carbons (Fsp3) is 0.500. The van der Waals surface area contributed by atoms with Crippen LogP contribution in [-0.4, -0.2) is 24.2 Å². The van der Waals surface area contributed by atoms with Gasteiger partial charge in [0.1, 0.15) is 5.82 Å². The number of halogens is 1. The molecule has 0 bridgehead atoms. The number of non-ortho nitro benzene ring substituents is 1. The lowest BCUT2D eigenvalue weighted by Crippen LogP contribution is -2.25. The Hall–Kier alpha value is -1.53. The van der Waals surface area contributed by atoms with Gasteiger partial charge in [-0.3, -0.25) is 10.1 Å². The molecule has 1 heterocycles. The van der Waals surface area contributed by atoms with Crippen LogP contribution in [0.25, 0.3) is 0 Å². The van der Waals surface area contributed by atoms with E-state index in [0.29, 0.717) is 18.7 Å². The van der Waals surface area contributed by atoms with Crippen molar-refractivity contribution in [1.29, 1.82) is 0 Å². The Balaban J connectivity index is 1.89. The monoisotopic (exact) mass is 254 g/mol. The van der Waals surface area contributed by atoms with Gasteiger partial charge in [0.05, 0.1) is 17.1 Å². The molecular weight excluding hydrogens is 239 g/mol. The summed E-state index contributed by atoms with van der Waals surface area (Å²) >= 11 is 0. The number of nitro benzene ring substituents is 1. The third-order valence-electron chi connectivity index (χ3n) is 2.88. The number of nitrogens with one attached hydrogen (secondary N) is 1. The van der Waals surface area contributed by atoms with Crippen molar-refractivity contribution >= 4 is 5.69 Å². The van der Waals surface area contributed by atoms with E-state index in [9.17, 15) is 14.5 Å². The molecular formula is C12H15FN2O3. The molecule has 0 radical (unpaired) electrons. The molecule has 98 valence electrons. The van der Waals surface area contributed by atoms with Crippen LogP contribution in [0, 0.1) is 15.9 Å². The maximum atomic E-state index is 13.2. The lowest BCUT2D eigenvalue weighted by atomic mass is 10.2. The Kier molecular flexibility index (Phi) is 4.22. The summed E-state index contributed by atoms with van der Waals surface area (Å²) in [6.45, 7) is 1.88. The summed E-state index contributed by atoms with van der Waals surface area (Å²) in [4.78, 5) is 10.00. The van der Waals surface area contributed by atoms with Crippen molar-refractivity contribution in [2.45, 2.75) is 25.5 Å². The molecule has 1 saturated heterocycles. The van der Waals surface area contributed by atoms with Gasteiger partial charge in [-0.05, 0) is 24.5 Å². The average Bonchev–Trinajstić information content (AvgIpc) is 2.81. The van der Waals surface area contributed by atoms with Gasteiger partial charge >= 0.3 is 0 Å². The molecule has 1 aliphatic rings. The highest BCUT2D eigenvalue weighted by molar-refractivity contribution is 5.35. The predicted octanol–water partition coefficient (Wildman–Crippen LogP) is 2.00. The van der Waals surface area contributed by atoms with Gasteiger partial charge in [-0.25, -0.2) is 4.39 Å². The highest BCUT2D eigenvalue weighted by atomic mass is 19.1. The van der Waals surface area contributed by atoms with Crippen molar-refractivity contribution in [2.24, 2.45) is 0 Å². The van der Waals surface area contributed by atoms with Gasteiger partial charge in [0, 0.05) is 25.8 Å². The van der Waals surface area contributed by atoms with Gasteiger partial charge in [0.25, 0.3) is 5.69 Å². The van der Waals surface area contributed by atoms with E-state index in [1.807, 2.05) is 0 Å². The zero-order chi connectivity index (χ0) is 13.0. The summed E-state index contributed by atoms with van der Waals surface area (Å²) in [6, 6.07) is 3.60. The molecule has 6 heteroatoms.